The summed E-state index contributed by atoms with van der Waals surface area (Å²) >= 11 is 5.47. The predicted molar refractivity (Wildman–Crippen MR) is 123 cm³/mol. The third-order valence-electron chi connectivity index (χ3n) is 5.81. The normalized spacial score (nSPS) is 16.7. The van der Waals surface area contributed by atoms with Crippen LogP contribution in [0.2, 0.25) is 0 Å². The molecule has 3 heteroatoms. The van der Waals surface area contributed by atoms with Crippen LogP contribution in [0.4, 0.5) is 0 Å². The zero-order valence-electron chi connectivity index (χ0n) is 17.8. The van der Waals surface area contributed by atoms with Gasteiger partial charge < -0.3 is 0 Å². The van der Waals surface area contributed by atoms with Crippen molar-refractivity contribution in [1.29, 1.82) is 0 Å². The molecule has 1 nitrogen and oxygen atoms in total. The molecule has 0 N–H and O–H groups in total. The fourth-order valence-corrected chi connectivity index (χ4v) is 5.48. The van der Waals surface area contributed by atoms with Crippen LogP contribution in [-0.4, -0.2) is 4.98 Å². The van der Waals surface area contributed by atoms with E-state index in [1.165, 1.54) is 59.4 Å². The number of halogens is 1. The van der Waals surface area contributed by atoms with Gasteiger partial charge in [0.1, 0.15) is 0 Å². The third kappa shape index (κ3) is 5.23. The van der Waals surface area contributed by atoms with E-state index >= 15 is 0 Å². The van der Waals surface area contributed by atoms with Gasteiger partial charge in [-0.1, -0.05) is 79.7 Å². The third-order valence-corrected chi connectivity index (χ3v) is 7.40. The Hall–Kier alpha value is -0.670. The Labute approximate surface area is 178 Å². The highest BCUT2D eigenvalue weighted by atomic mass is 79.9. The Morgan fingerprint density at radius 3 is 2.00 bits per heavy atom. The minimum atomic E-state index is 0.140. The minimum absolute atomic E-state index is 0.140. The van der Waals surface area contributed by atoms with Crippen molar-refractivity contribution in [2.24, 2.45) is 5.92 Å². The number of hydrogen-bond donors (Lipinski definition) is 0. The summed E-state index contributed by atoms with van der Waals surface area (Å²) in [5, 5.41) is 0. The van der Waals surface area contributed by atoms with Gasteiger partial charge in [-0.3, -0.25) is 0 Å². The molecule has 0 atom stereocenters. The average Bonchev–Trinajstić information content (AvgIpc) is 2.94. The smallest absolute Gasteiger partial charge is 0.159 e. The molecule has 0 unspecified atom stereocenters. The van der Waals surface area contributed by atoms with Crippen LogP contribution in [0.25, 0.3) is 10.4 Å². The van der Waals surface area contributed by atoms with Crippen LogP contribution in [0.5, 0.6) is 0 Å². The van der Waals surface area contributed by atoms with Crippen molar-refractivity contribution >= 4 is 27.3 Å². The maximum absolute atomic E-state index is 4.90. The molecule has 148 valence electrons. The van der Waals surface area contributed by atoms with E-state index < -0.39 is 0 Å². The van der Waals surface area contributed by atoms with Crippen molar-refractivity contribution in [3.8, 4) is 10.4 Å². The molecule has 0 aliphatic heterocycles. The summed E-state index contributed by atoms with van der Waals surface area (Å²) in [6.45, 7) is 13.9. The number of thiazole rings is 1. The summed E-state index contributed by atoms with van der Waals surface area (Å²) in [6.07, 6.45) is 8.04. The molecule has 0 amide bonds. The Morgan fingerprint density at radius 2 is 1.48 bits per heavy atom. The van der Waals surface area contributed by atoms with Crippen LogP contribution >= 0.6 is 27.3 Å². The molecule has 1 aliphatic rings. The van der Waals surface area contributed by atoms with E-state index in [4.69, 9.17) is 4.98 Å². The van der Waals surface area contributed by atoms with Crippen LogP contribution in [0.15, 0.2) is 22.1 Å². The molecular weight excluding hydrogens is 414 g/mol. The van der Waals surface area contributed by atoms with Crippen molar-refractivity contribution in [2.75, 3.05) is 0 Å². The Balaban J connectivity index is 2.05. The average molecular weight is 449 g/mol. The molecule has 1 heterocycles. The summed E-state index contributed by atoms with van der Waals surface area (Å²) in [5.41, 5.74) is 5.75. The molecule has 3 rings (SSSR count). The summed E-state index contributed by atoms with van der Waals surface area (Å²) < 4.78 is 1.02. The lowest BCUT2D eigenvalue weighted by Gasteiger charge is -2.26. The molecular formula is C24H34BrNS. The van der Waals surface area contributed by atoms with E-state index in [1.54, 1.807) is 11.3 Å². The molecule has 1 aromatic heterocycles. The van der Waals surface area contributed by atoms with Gasteiger partial charge in [-0.05, 0) is 67.9 Å². The minimum Gasteiger partial charge on any atom is -0.233 e. The fourth-order valence-electron chi connectivity index (χ4n) is 3.98. The predicted octanol–water partition coefficient (Wildman–Crippen LogP) is 8.29. The monoisotopic (exact) mass is 447 g/mol. The lowest BCUT2D eigenvalue weighted by Crippen LogP contribution is -2.16. The maximum Gasteiger partial charge on any atom is 0.159 e. The molecule has 1 saturated carbocycles. The quantitative estimate of drug-likeness (QED) is 0.460. The van der Waals surface area contributed by atoms with E-state index in [0.29, 0.717) is 0 Å². The first kappa shape index (κ1) is 21.0. The summed E-state index contributed by atoms with van der Waals surface area (Å²) in [5.74, 6) is 0.805. The second-order valence-electron chi connectivity index (χ2n) is 10.2. The molecule has 2 aromatic rings. The van der Waals surface area contributed by atoms with Crippen molar-refractivity contribution < 1.29 is 0 Å². The van der Waals surface area contributed by atoms with Crippen LogP contribution in [-0.2, 0) is 17.3 Å². The van der Waals surface area contributed by atoms with E-state index in [-0.39, 0.29) is 10.8 Å². The van der Waals surface area contributed by atoms with E-state index in [9.17, 15) is 0 Å². The van der Waals surface area contributed by atoms with Crippen molar-refractivity contribution in [3.05, 3.63) is 38.9 Å². The summed E-state index contributed by atoms with van der Waals surface area (Å²) in [7, 11) is 0. The van der Waals surface area contributed by atoms with Gasteiger partial charge >= 0.3 is 0 Å². The largest absolute Gasteiger partial charge is 0.233 e. The second-order valence-corrected chi connectivity index (χ2v) is 12.5. The lowest BCUT2D eigenvalue weighted by molar-refractivity contribution is 0.355. The van der Waals surface area contributed by atoms with Crippen LogP contribution in [0.1, 0.15) is 90.5 Å². The van der Waals surface area contributed by atoms with Crippen molar-refractivity contribution in [2.45, 2.75) is 90.9 Å². The fraction of sp³-hybridized carbons (Fsp3) is 0.625. The Bertz CT molecular complexity index is 753. The number of nitrogens with zero attached hydrogens (tertiary/aromatic N) is 1. The van der Waals surface area contributed by atoms with Gasteiger partial charge in [-0.2, -0.15) is 0 Å². The second kappa shape index (κ2) is 7.99. The van der Waals surface area contributed by atoms with Gasteiger partial charge in [0.2, 0.25) is 0 Å². The highest BCUT2D eigenvalue weighted by Crippen LogP contribution is 2.40. The number of benzene rings is 1. The van der Waals surface area contributed by atoms with Gasteiger partial charge in [0.15, 0.2) is 3.92 Å². The molecule has 27 heavy (non-hydrogen) atoms. The van der Waals surface area contributed by atoms with E-state index in [0.717, 1.165) is 16.3 Å². The maximum atomic E-state index is 4.90. The molecule has 1 fully saturated rings. The summed E-state index contributed by atoms with van der Waals surface area (Å²) in [4.78, 5) is 6.26. The van der Waals surface area contributed by atoms with Crippen LogP contribution < -0.4 is 0 Å². The van der Waals surface area contributed by atoms with Gasteiger partial charge in [0.05, 0.1) is 10.6 Å². The number of rotatable bonds is 3. The molecule has 0 bridgehead atoms. The van der Waals surface area contributed by atoms with Gasteiger partial charge in [0, 0.05) is 0 Å². The highest BCUT2D eigenvalue weighted by molar-refractivity contribution is 9.11. The van der Waals surface area contributed by atoms with Crippen molar-refractivity contribution in [1.82, 2.24) is 4.98 Å². The molecule has 0 spiro atoms. The highest BCUT2D eigenvalue weighted by Gasteiger charge is 2.24. The van der Waals surface area contributed by atoms with E-state index in [1.807, 2.05) is 0 Å². The molecule has 0 saturated heterocycles. The Morgan fingerprint density at radius 1 is 0.926 bits per heavy atom. The zero-order valence-corrected chi connectivity index (χ0v) is 20.2. The van der Waals surface area contributed by atoms with Gasteiger partial charge in [-0.15, -0.1) is 11.3 Å². The van der Waals surface area contributed by atoms with Crippen LogP contribution in [0, 0.1) is 5.92 Å². The van der Waals surface area contributed by atoms with Gasteiger partial charge in [0.25, 0.3) is 0 Å². The SMILES string of the molecule is CC(C)(C)c1cc(-c2sc(Br)nc2CC2CCCCC2)cc(C(C)(C)C)c1. The van der Waals surface area contributed by atoms with E-state index in [2.05, 4.69) is 75.7 Å². The van der Waals surface area contributed by atoms with Crippen molar-refractivity contribution in [3.63, 3.8) is 0 Å². The zero-order chi connectivity index (χ0) is 19.8. The van der Waals surface area contributed by atoms with Gasteiger partial charge in [-0.25, -0.2) is 4.98 Å². The summed E-state index contributed by atoms with van der Waals surface area (Å²) in [6, 6.07) is 7.21. The number of aromatic nitrogens is 1. The topological polar surface area (TPSA) is 12.9 Å². The molecule has 1 aliphatic carbocycles. The standard InChI is InChI=1S/C24H34BrNS/c1-23(2,3)18-13-17(14-19(15-18)24(4,5)6)21-20(26-22(25)27-21)12-16-10-8-7-9-11-16/h13-16H,7-12H2,1-6H3. The first-order chi connectivity index (χ1) is 12.5. The molecule has 1 aromatic carbocycles. The lowest BCUT2D eigenvalue weighted by atomic mass is 9.79. The molecule has 0 radical (unpaired) electrons. The first-order valence-corrected chi connectivity index (χ1v) is 12.0. The van der Waals surface area contributed by atoms with Crippen LogP contribution in [0.3, 0.4) is 0 Å². The Kier molecular flexibility index (Phi) is 6.23. The first-order valence-electron chi connectivity index (χ1n) is 10.4. The number of hydrogen-bond acceptors (Lipinski definition) is 2.